The Kier molecular flexibility index (Phi) is 5.23. The molecule has 0 fully saturated rings. The SMILES string of the molecule is CCCN(C1CCc2ccc3[nH]c(C(N)=O)cc3c2C1)[C@@H](C)c1ccccc1. The Hall–Kier alpha value is -2.59. The number of benzene rings is 2. The smallest absolute Gasteiger partial charge is 0.265 e. The van der Waals surface area contributed by atoms with Crippen molar-refractivity contribution in [2.75, 3.05) is 6.54 Å². The predicted octanol–water partition coefficient (Wildman–Crippen LogP) is 4.60. The number of aryl methyl sites for hydroxylation is 1. The number of aromatic nitrogens is 1. The number of carbonyl (C=O) groups is 1. The van der Waals surface area contributed by atoms with Crippen LogP contribution in [0, 0.1) is 0 Å². The minimum atomic E-state index is -0.400. The van der Waals surface area contributed by atoms with Gasteiger partial charge in [-0.1, -0.05) is 43.3 Å². The number of nitrogens with two attached hydrogens (primary N) is 1. The first-order valence-corrected chi connectivity index (χ1v) is 10.3. The Morgan fingerprint density at radius 1 is 1.25 bits per heavy atom. The zero-order valence-electron chi connectivity index (χ0n) is 16.7. The Labute approximate surface area is 166 Å². The molecule has 0 radical (unpaired) electrons. The lowest BCUT2D eigenvalue weighted by atomic mass is 9.84. The third-order valence-corrected chi connectivity index (χ3v) is 6.19. The molecule has 4 nitrogen and oxygen atoms in total. The van der Waals surface area contributed by atoms with Crippen LogP contribution in [0.1, 0.15) is 59.9 Å². The molecule has 4 rings (SSSR count). The Morgan fingerprint density at radius 2 is 2.04 bits per heavy atom. The van der Waals surface area contributed by atoms with Crippen molar-refractivity contribution < 1.29 is 4.79 Å². The molecule has 1 aromatic heterocycles. The van der Waals surface area contributed by atoms with E-state index in [4.69, 9.17) is 5.73 Å². The highest BCUT2D eigenvalue weighted by atomic mass is 16.1. The summed E-state index contributed by atoms with van der Waals surface area (Å²) in [5.74, 6) is -0.400. The first-order valence-electron chi connectivity index (χ1n) is 10.3. The minimum absolute atomic E-state index is 0.388. The molecule has 1 aliphatic carbocycles. The van der Waals surface area contributed by atoms with E-state index in [0.717, 1.165) is 36.7 Å². The molecule has 0 saturated heterocycles. The number of fused-ring (bicyclic) bond motifs is 3. The summed E-state index contributed by atoms with van der Waals surface area (Å²) < 4.78 is 0. The van der Waals surface area contributed by atoms with E-state index in [9.17, 15) is 4.79 Å². The number of rotatable bonds is 6. The van der Waals surface area contributed by atoms with Crippen LogP contribution in [0.2, 0.25) is 0 Å². The number of aromatic amines is 1. The quantitative estimate of drug-likeness (QED) is 0.661. The summed E-state index contributed by atoms with van der Waals surface area (Å²) >= 11 is 0. The first-order chi connectivity index (χ1) is 13.6. The zero-order chi connectivity index (χ0) is 19.7. The number of nitrogens with zero attached hydrogens (tertiary/aromatic N) is 1. The van der Waals surface area contributed by atoms with Crippen molar-refractivity contribution >= 4 is 16.8 Å². The highest BCUT2D eigenvalue weighted by Gasteiger charge is 2.29. The van der Waals surface area contributed by atoms with Gasteiger partial charge in [-0.05, 0) is 68.0 Å². The van der Waals surface area contributed by atoms with Crippen molar-refractivity contribution in [1.82, 2.24) is 9.88 Å². The van der Waals surface area contributed by atoms with Crippen molar-refractivity contribution in [1.29, 1.82) is 0 Å². The van der Waals surface area contributed by atoms with E-state index in [0.29, 0.717) is 17.8 Å². The second-order valence-electron chi connectivity index (χ2n) is 7.93. The summed E-state index contributed by atoms with van der Waals surface area (Å²) in [6.45, 7) is 5.67. The molecule has 0 saturated carbocycles. The number of carbonyl (C=O) groups excluding carboxylic acids is 1. The molecule has 2 aromatic carbocycles. The Morgan fingerprint density at radius 3 is 2.75 bits per heavy atom. The number of nitrogens with one attached hydrogen (secondary N) is 1. The van der Waals surface area contributed by atoms with Crippen molar-refractivity contribution in [3.05, 3.63) is 70.9 Å². The van der Waals surface area contributed by atoms with Gasteiger partial charge in [0.1, 0.15) is 5.69 Å². The molecule has 3 aromatic rings. The normalized spacial score (nSPS) is 17.6. The average molecular weight is 376 g/mol. The topological polar surface area (TPSA) is 62.1 Å². The largest absolute Gasteiger partial charge is 0.364 e. The fraction of sp³-hybridized carbons (Fsp3) is 0.375. The third kappa shape index (κ3) is 3.45. The lowest BCUT2D eigenvalue weighted by molar-refractivity contribution is 0.0996. The molecule has 3 N–H and O–H groups in total. The lowest BCUT2D eigenvalue weighted by Gasteiger charge is -2.39. The number of hydrogen-bond acceptors (Lipinski definition) is 2. The highest BCUT2D eigenvalue weighted by Crippen LogP contribution is 2.34. The molecule has 2 atom stereocenters. The van der Waals surface area contributed by atoms with Crippen molar-refractivity contribution in [2.24, 2.45) is 5.73 Å². The molecular weight excluding hydrogens is 346 g/mol. The molecule has 1 aliphatic rings. The van der Waals surface area contributed by atoms with Crippen molar-refractivity contribution in [3.8, 4) is 0 Å². The summed E-state index contributed by atoms with van der Waals surface area (Å²) in [6.07, 6.45) is 4.40. The van der Waals surface area contributed by atoms with Gasteiger partial charge < -0.3 is 10.7 Å². The predicted molar refractivity (Wildman–Crippen MR) is 114 cm³/mol. The number of hydrogen-bond donors (Lipinski definition) is 2. The van der Waals surface area contributed by atoms with Crippen LogP contribution < -0.4 is 5.73 Å². The molecule has 4 heteroatoms. The van der Waals surface area contributed by atoms with Gasteiger partial charge in [0.15, 0.2) is 0 Å². The van der Waals surface area contributed by atoms with Gasteiger partial charge in [0, 0.05) is 23.0 Å². The van der Waals surface area contributed by atoms with Gasteiger partial charge in [-0.3, -0.25) is 9.69 Å². The molecule has 1 amide bonds. The van der Waals surface area contributed by atoms with Crippen LogP contribution in [0.5, 0.6) is 0 Å². The molecule has 1 unspecified atom stereocenters. The first kappa shape index (κ1) is 18.8. The maximum Gasteiger partial charge on any atom is 0.265 e. The van der Waals surface area contributed by atoms with Crippen molar-refractivity contribution in [3.63, 3.8) is 0 Å². The van der Waals surface area contributed by atoms with Gasteiger partial charge in [0.25, 0.3) is 5.91 Å². The minimum Gasteiger partial charge on any atom is -0.364 e. The summed E-state index contributed by atoms with van der Waals surface area (Å²) in [4.78, 5) is 17.5. The molecule has 28 heavy (non-hydrogen) atoms. The second-order valence-corrected chi connectivity index (χ2v) is 7.93. The highest BCUT2D eigenvalue weighted by molar-refractivity contribution is 5.98. The van der Waals surface area contributed by atoms with E-state index < -0.39 is 5.91 Å². The van der Waals surface area contributed by atoms with Crippen LogP contribution in [0.3, 0.4) is 0 Å². The second kappa shape index (κ2) is 7.80. The molecule has 1 heterocycles. The third-order valence-electron chi connectivity index (χ3n) is 6.19. The maximum absolute atomic E-state index is 11.6. The summed E-state index contributed by atoms with van der Waals surface area (Å²) in [5, 5.41) is 1.15. The molecule has 0 aliphatic heterocycles. The fourth-order valence-corrected chi connectivity index (χ4v) is 4.73. The van der Waals surface area contributed by atoms with E-state index >= 15 is 0 Å². The van der Waals surface area contributed by atoms with Crippen LogP contribution >= 0.6 is 0 Å². The molecular formula is C24H29N3O. The fourth-order valence-electron chi connectivity index (χ4n) is 4.73. The molecule has 0 spiro atoms. The molecule has 0 bridgehead atoms. The number of primary amides is 1. The van der Waals surface area contributed by atoms with E-state index in [2.05, 4.69) is 66.2 Å². The van der Waals surface area contributed by atoms with Crippen LogP contribution in [-0.2, 0) is 12.8 Å². The Balaban J connectivity index is 1.67. The molecule has 146 valence electrons. The Bertz CT molecular complexity index is 976. The van der Waals surface area contributed by atoms with Crippen LogP contribution in [0.25, 0.3) is 10.9 Å². The maximum atomic E-state index is 11.6. The van der Waals surface area contributed by atoms with Crippen molar-refractivity contribution in [2.45, 2.75) is 51.6 Å². The van der Waals surface area contributed by atoms with Gasteiger partial charge in [-0.15, -0.1) is 0 Å². The number of H-pyrrole nitrogens is 1. The van der Waals surface area contributed by atoms with Crippen LogP contribution in [-0.4, -0.2) is 28.4 Å². The van der Waals surface area contributed by atoms with Gasteiger partial charge in [0.2, 0.25) is 0 Å². The van der Waals surface area contributed by atoms with Gasteiger partial charge in [-0.25, -0.2) is 0 Å². The van der Waals surface area contributed by atoms with Crippen LogP contribution in [0.15, 0.2) is 48.5 Å². The summed E-state index contributed by atoms with van der Waals surface area (Å²) in [5.41, 5.74) is 11.1. The lowest BCUT2D eigenvalue weighted by Crippen LogP contribution is -2.41. The van der Waals surface area contributed by atoms with E-state index in [-0.39, 0.29) is 0 Å². The number of amides is 1. The summed E-state index contributed by atoms with van der Waals surface area (Å²) in [7, 11) is 0. The van der Waals surface area contributed by atoms with E-state index in [1.54, 1.807) is 0 Å². The van der Waals surface area contributed by atoms with E-state index in [1.807, 2.05) is 6.07 Å². The van der Waals surface area contributed by atoms with E-state index in [1.165, 1.54) is 23.1 Å². The zero-order valence-corrected chi connectivity index (χ0v) is 16.7. The van der Waals surface area contributed by atoms with Gasteiger partial charge in [0.05, 0.1) is 0 Å². The summed E-state index contributed by atoms with van der Waals surface area (Å²) in [6, 6.07) is 17.9. The van der Waals surface area contributed by atoms with Gasteiger partial charge >= 0.3 is 0 Å². The average Bonchev–Trinajstić information content (AvgIpc) is 3.17. The van der Waals surface area contributed by atoms with Gasteiger partial charge in [-0.2, -0.15) is 0 Å². The standard InChI is InChI=1S/C24H29N3O/c1-3-13-27(16(2)17-7-5-4-6-8-17)19-11-9-18-10-12-22-21(20(18)14-19)15-23(26-22)24(25)28/h4-8,10,12,15-16,19,26H,3,9,11,13-14H2,1-2H3,(H2,25,28)/t16-,19?/m0/s1. The van der Waals surface area contributed by atoms with Crippen LogP contribution in [0.4, 0.5) is 0 Å². The monoisotopic (exact) mass is 375 g/mol.